The minimum atomic E-state index is 0.803. The summed E-state index contributed by atoms with van der Waals surface area (Å²) in [6.07, 6.45) is 3.92. The van der Waals surface area contributed by atoms with Crippen molar-refractivity contribution >= 4 is 0 Å². The van der Waals surface area contributed by atoms with Crippen LogP contribution in [0.3, 0.4) is 0 Å². The van der Waals surface area contributed by atoms with Gasteiger partial charge in [0.05, 0.1) is 0 Å². The molecule has 1 aliphatic heterocycles. The summed E-state index contributed by atoms with van der Waals surface area (Å²) in [6.45, 7) is 3.24. The molecule has 2 nitrogen and oxygen atoms in total. The van der Waals surface area contributed by atoms with Crippen LogP contribution in [0.1, 0.15) is 29.5 Å². The fraction of sp³-hybridized carbons (Fsp3) is 0.538. The molecule has 0 aromatic heterocycles. The fourth-order valence-electron chi connectivity index (χ4n) is 2.29. The molecular weight excluding hydrogens is 184 g/mol. The van der Waals surface area contributed by atoms with Gasteiger partial charge in [0.1, 0.15) is 0 Å². The third-order valence-electron chi connectivity index (χ3n) is 3.40. The van der Waals surface area contributed by atoms with Crippen molar-refractivity contribution in [3.63, 3.8) is 0 Å². The minimum Gasteiger partial charge on any atom is -0.312 e. The summed E-state index contributed by atoms with van der Waals surface area (Å²) in [5, 5.41) is 7.05. The number of hydrogen-bond acceptors (Lipinski definition) is 2. The monoisotopic (exact) mass is 202 g/mol. The van der Waals surface area contributed by atoms with Crippen LogP contribution in [0.5, 0.6) is 0 Å². The summed E-state index contributed by atoms with van der Waals surface area (Å²) in [5.41, 5.74) is 4.58. The summed E-state index contributed by atoms with van der Waals surface area (Å²) < 4.78 is 0. The molecule has 0 bridgehead atoms. The molecule has 0 atom stereocenters. The average molecular weight is 202 g/mol. The maximum atomic E-state index is 3.60. The van der Waals surface area contributed by atoms with E-state index >= 15 is 0 Å². The van der Waals surface area contributed by atoms with Gasteiger partial charge in [0.15, 0.2) is 0 Å². The molecule has 0 unspecified atom stereocenters. The molecule has 1 heterocycles. The van der Waals surface area contributed by atoms with Gasteiger partial charge in [0.2, 0.25) is 0 Å². The molecule has 1 aliphatic carbocycles. The van der Waals surface area contributed by atoms with Crippen LogP contribution in [0.15, 0.2) is 18.2 Å². The summed E-state index contributed by atoms with van der Waals surface area (Å²) in [4.78, 5) is 0. The molecule has 80 valence electrons. The van der Waals surface area contributed by atoms with E-state index in [-0.39, 0.29) is 0 Å². The van der Waals surface area contributed by atoms with E-state index in [1.165, 1.54) is 30.4 Å². The maximum Gasteiger partial charge on any atom is 0.0211 e. The second kappa shape index (κ2) is 3.95. The molecule has 1 saturated carbocycles. The van der Waals surface area contributed by atoms with Crippen molar-refractivity contribution in [3.8, 4) is 0 Å². The lowest BCUT2D eigenvalue weighted by molar-refractivity contribution is 0.622. The highest BCUT2D eigenvalue weighted by Gasteiger charge is 2.21. The Bertz CT molecular complexity index is 356. The number of rotatable bonds is 3. The molecule has 0 radical (unpaired) electrons. The molecule has 3 rings (SSSR count). The summed E-state index contributed by atoms with van der Waals surface area (Å²) >= 11 is 0. The summed E-state index contributed by atoms with van der Waals surface area (Å²) in [6, 6.07) is 7.55. The van der Waals surface area contributed by atoms with E-state index in [1.54, 1.807) is 5.56 Å². The van der Waals surface area contributed by atoms with Gasteiger partial charge in [-0.05, 0) is 42.5 Å². The second-order valence-corrected chi connectivity index (χ2v) is 4.64. The zero-order valence-electron chi connectivity index (χ0n) is 9.05. The van der Waals surface area contributed by atoms with E-state index in [0.29, 0.717) is 0 Å². The first kappa shape index (κ1) is 9.37. The van der Waals surface area contributed by atoms with Crippen LogP contribution in [-0.4, -0.2) is 12.6 Å². The van der Waals surface area contributed by atoms with Crippen LogP contribution < -0.4 is 10.6 Å². The van der Waals surface area contributed by atoms with Gasteiger partial charge in [-0.2, -0.15) is 0 Å². The third kappa shape index (κ3) is 2.06. The standard InChI is InChI=1S/C13H18N2/c1-2-10-6-7-14-9-13(10)11(3-1)8-15-12-4-5-12/h1-3,12,14-15H,4-9H2. The van der Waals surface area contributed by atoms with Gasteiger partial charge >= 0.3 is 0 Å². The van der Waals surface area contributed by atoms with Crippen molar-refractivity contribution in [2.75, 3.05) is 6.54 Å². The number of hydrogen-bond donors (Lipinski definition) is 2. The largest absolute Gasteiger partial charge is 0.312 e. The average Bonchev–Trinajstić information content (AvgIpc) is 3.10. The Morgan fingerprint density at radius 3 is 3.13 bits per heavy atom. The second-order valence-electron chi connectivity index (χ2n) is 4.64. The Hall–Kier alpha value is -0.860. The molecule has 2 N–H and O–H groups in total. The highest BCUT2D eigenvalue weighted by atomic mass is 14.9. The van der Waals surface area contributed by atoms with Gasteiger partial charge in [-0.25, -0.2) is 0 Å². The van der Waals surface area contributed by atoms with Crippen molar-refractivity contribution < 1.29 is 0 Å². The molecule has 15 heavy (non-hydrogen) atoms. The van der Waals surface area contributed by atoms with Crippen molar-refractivity contribution in [1.29, 1.82) is 0 Å². The lowest BCUT2D eigenvalue weighted by Gasteiger charge is -2.20. The van der Waals surface area contributed by atoms with E-state index < -0.39 is 0 Å². The van der Waals surface area contributed by atoms with Crippen LogP contribution in [0, 0.1) is 0 Å². The van der Waals surface area contributed by atoms with Gasteiger partial charge in [-0.3, -0.25) is 0 Å². The van der Waals surface area contributed by atoms with Crippen LogP contribution >= 0.6 is 0 Å². The highest BCUT2D eigenvalue weighted by Crippen LogP contribution is 2.22. The van der Waals surface area contributed by atoms with E-state index in [2.05, 4.69) is 28.8 Å². The Balaban J connectivity index is 1.79. The Morgan fingerprint density at radius 2 is 2.27 bits per heavy atom. The van der Waals surface area contributed by atoms with Gasteiger partial charge in [0.25, 0.3) is 0 Å². The molecular formula is C13H18N2. The molecule has 1 fully saturated rings. The Kier molecular flexibility index (Phi) is 2.47. The normalized spacial score (nSPS) is 20.0. The molecule has 2 aliphatic rings. The van der Waals surface area contributed by atoms with Gasteiger partial charge < -0.3 is 10.6 Å². The first-order valence-corrected chi connectivity index (χ1v) is 5.97. The fourth-order valence-corrected chi connectivity index (χ4v) is 2.29. The van der Waals surface area contributed by atoms with Crippen LogP contribution in [-0.2, 0) is 19.5 Å². The SMILES string of the molecule is c1cc2c(c(CNC3CC3)c1)CNCC2. The molecule has 1 aromatic carbocycles. The predicted octanol–water partition coefficient (Wildman–Crippen LogP) is 1.58. The molecule has 1 aromatic rings. The van der Waals surface area contributed by atoms with Crippen molar-refractivity contribution in [1.82, 2.24) is 10.6 Å². The van der Waals surface area contributed by atoms with Crippen LogP contribution in [0.2, 0.25) is 0 Å². The Morgan fingerprint density at radius 1 is 1.33 bits per heavy atom. The summed E-state index contributed by atoms with van der Waals surface area (Å²) in [7, 11) is 0. The third-order valence-corrected chi connectivity index (χ3v) is 3.40. The first-order valence-electron chi connectivity index (χ1n) is 5.97. The minimum absolute atomic E-state index is 0.803. The van der Waals surface area contributed by atoms with Gasteiger partial charge in [-0.1, -0.05) is 18.2 Å². The lowest BCUT2D eigenvalue weighted by atomic mass is 9.96. The predicted molar refractivity (Wildman–Crippen MR) is 61.7 cm³/mol. The summed E-state index contributed by atoms with van der Waals surface area (Å²) in [5.74, 6) is 0. The highest BCUT2D eigenvalue weighted by molar-refractivity contribution is 5.36. The first-order chi connectivity index (χ1) is 7.43. The van der Waals surface area contributed by atoms with Crippen molar-refractivity contribution in [2.24, 2.45) is 0 Å². The quantitative estimate of drug-likeness (QED) is 0.777. The molecule has 2 heteroatoms. The molecule has 0 spiro atoms. The van der Waals surface area contributed by atoms with Gasteiger partial charge in [-0.15, -0.1) is 0 Å². The number of nitrogens with one attached hydrogen (secondary N) is 2. The van der Waals surface area contributed by atoms with E-state index in [0.717, 1.165) is 25.7 Å². The van der Waals surface area contributed by atoms with Crippen molar-refractivity contribution in [2.45, 2.75) is 38.4 Å². The van der Waals surface area contributed by atoms with E-state index in [4.69, 9.17) is 0 Å². The Labute approximate surface area is 91.1 Å². The topological polar surface area (TPSA) is 24.1 Å². The number of benzene rings is 1. The van der Waals surface area contributed by atoms with Gasteiger partial charge in [0, 0.05) is 19.1 Å². The number of fused-ring (bicyclic) bond motifs is 1. The zero-order valence-corrected chi connectivity index (χ0v) is 9.05. The zero-order chi connectivity index (χ0) is 10.1. The lowest BCUT2D eigenvalue weighted by Crippen LogP contribution is -2.26. The van der Waals surface area contributed by atoms with E-state index in [9.17, 15) is 0 Å². The molecule has 0 saturated heterocycles. The van der Waals surface area contributed by atoms with Crippen LogP contribution in [0.25, 0.3) is 0 Å². The smallest absolute Gasteiger partial charge is 0.0211 e. The van der Waals surface area contributed by atoms with Crippen molar-refractivity contribution in [3.05, 3.63) is 34.9 Å². The molecule has 0 amide bonds. The van der Waals surface area contributed by atoms with E-state index in [1.807, 2.05) is 0 Å². The maximum absolute atomic E-state index is 3.60. The van der Waals surface area contributed by atoms with Crippen LogP contribution in [0.4, 0.5) is 0 Å².